The smallest absolute Gasteiger partial charge is 0.323 e. The number of carboxylic acids is 1. The van der Waals surface area contributed by atoms with Crippen LogP contribution in [0.1, 0.15) is 87.4 Å². The normalized spacial score (nSPS) is 24.3. The van der Waals surface area contributed by atoms with E-state index in [-0.39, 0.29) is 29.7 Å². The Morgan fingerprint density at radius 2 is 1.95 bits per heavy atom. The molecule has 2 N–H and O–H groups in total. The summed E-state index contributed by atoms with van der Waals surface area (Å²) in [6.07, 6.45) is 3.76. The molecule has 9 heteroatoms. The van der Waals surface area contributed by atoms with Gasteiger partial charge < -0.3 is 24.6 Å². The molecule has 0 aliphatic carbocycles. The second-order valence-corrected chi connectivity index (χ2v) is 12.1. The Morgan fingerprint density at radius 1 is 1.21 bits per heavy atom. The number of amides is 1. The summed E-state index contributed by atoms with van der Waals surface area (Å²) in [5.74, 6) is -1.52. The summed E-state index contributed by atoms with van der Waals surface area (Å²) in [5, 5.41) is 19.6. The molecule has 212 valence electrons. The fourth-order valence-corrected chi connectivity index (χ4v) is 5.93. The summed E-state index contributed by atoms with van der Waals surface area (Å²) in [7, 11) is 0. The van der Waals surface area contributed by atoms with Crippen LogP contribution in [-0.2, 0) is 16.1 Å². The van der Waals surface area contributed by atoms with Crippen LogP contribution in [0.15, 0.2) is 36.4 Å². The van der Waals surface area contributed by atoms with Crippen LogP contribution in [0.3, 0.4) is 0 Å². The van der Waals surface area contributed by atoms with E-state index in [1.165, 1.54) is 23.1 Å². The zero-order valence-electron chi connectivity index (χ0n) is 22.9. The molecule has 2 aromatic carbocycles. The molecule has 1 saturated heterocycles. The number of fused-ring (bicyclic) bond motifs is 3. The number of carbonyl (C=O) groups is 2. The molecule has 39 heavy (non-hydrogen) atoms. The molecule has 1 fully saturated rings. The number of hydrogen-bond donors (Lipinski definition) is 2. The quantitative estimate of drug-likeness (QED) is 0.381. The SMILES string of the molecule is C[C@@H]1CC[C@@H]2[C@@H](O1)c1cc(C(=O)N(CC(=O)O)Cc3ccc(F)c(Cl)c3)ccc1O[C@@]2(C)CCCC(C)(C)O. The molecule has 0 aromatic heterocycles. The summed E-state index contributed by atoms with van der Waals surface area (Å²) < 4.78 is 26.7. The van der Waals surface area contributed by atoms with Gasteiger partial charge in [0.1, 0.15) is 23.7 Å². The Kier molecular flexibility index (Phi) is 8.59. The minimum Gasteiger partial charge on any atom is -0.487 e. The number of hydrogen-bond acceptors (Lipinski definition) is 5. The van der Waals surface area contributed by atoms with E-state index in [2.05, 4.69) is 6.92 Å². The number of nitrogens with zero attached hydrogens (tertiary/aromatic N) is 1. The van der Waals surface area contributed by atoms with Gasteiger partial charge >= 0.3 is 5.97 Å². The summed E-state index contributed by atoms with van der Waals surface area (Å²) >= 11 is 5.90. The van der Waals surface area contributed by atoms with Gasteiger partial charge in [0.05, 0.1) is 22.8 Å². The maximum atomic E-state index is 13.6. The third kappa shape index (κ3) is 6.91. The second-order valence-electron chi connectivity index (χ2n) is 11.7. The number of carboxylic acid groups (broad SMARTS) is 1. The van der Waals surface area contributed by atoms with Gasteiger partial charge in [-0.2, -0.15) is 0 Å². The average molecular weight is 562 g/mol. The van der Waals surface area contributed by atoms with Crippen molar-refractivity contribution in [2.75, 3.05) is 6.54 Å². The average Bonchev–Trinajstić information content (AvgIpc) is 2.84. The first-order chi connectivity index (χ1) is 18.3. The minimum absolute atomic E-state index is 0.0441. The van der Waals surface area contributed by atoms with Crippen LogP contribution in [0.4, 0.5) is 4.39 Å². The summed E-state index contributed by atoms with van der Waals surface area (Å²) in [6, 6.07) is 9.19. The van der Waals surface area contributed by atoms with Crippen LogP contribution in [0.25, 0.3) is 0 Å². The van der Waals surface area contributed by atoms with Gasteiger partial charge in [-0.05, 0) is 95.7 Å². The molecule has 7 nitrogen and oxygen atoms in total. The van der Waals surface area contributed by atoms with Gasteiger partial charge in [-0.15, -0.1) is 0 Å². The largest absolute Gasteiger partial charge is 0.487 e. The molecule has 0 unspecified atom stereocenters. The first kappa shape index (κ1) is 29.3. The van der Waals surface area contributed by atoms with Gasteiger partial charge in [0.15, 0.2) is 0 Å². The lowest BCUT2D eigenvalue weighted by atomic mass is 9.72. The molecule has 0 spiro atoms. The highest BCUT2D eigenvalue weighted by atomic mass is 35.5. The molecule has 2 aliphatic rings. The molecule has 2 aliphatic heterocycles. The van der Waals surface area contributed by atoms with Crippen molar-refractivity contribution < 1.29 is 33.7 Å². The maximum absolute atomic E-state index is 13.6. The molecule has 4 atom stereocenters. The van der Waals surface area contributed by atoms with Crippen molar-refractivity contribution in [1.82, 2.24) is 4.90 Å². The maximum Gasteiger partial charge on any atom is 0.323 e. The van der Waals surface area contributed by atoms with Crippen LogP contribution < -0.4 is 4.74 Å². The van der Waals surface area contributed by atoms with Gasteiger partial charge in [0, 0.05) is 23.6 Å². The number of halogens is 2. The Morgan fingerprint density at radius 3 is 2.62 bits per heavy atom. The Hall–Kier alpha value is -2.68. The molecule has 0 bridgehead atoms. The van der Waals surface area contributed by atoms with Crippen LogP contribution >= 0.6 is 11.6 Å². The van der Waals surface area contributed by atoms with Gasteiger partial charge in [-0.1, -0.05) is 17.7 Å². The monoisotopic (exact) mass is 561 g/mol. The minimum atomic E-state index is -1.16. The lowest BCUT2D eigenvalue weighted by Crippen LogP contribution is -2.50. The number of ether oxygens (including phenoxy) is 2. The zero-order valence-corrected chi connectivity index (χ0v) is 23.6. The van der Waals surface area contributed by atoms with Crippen molar-refractivity contribution in [2.45, 2.75) is 89.8 Å². The van der Waals surface area contributed by atoms with Gasteiger partial charge in [0.25, 0.3) is 5.91 Å². The lowest BCUT2D eigenvalue weighted by molar-refractivity contribution is -0.153. The van der Waals surface area contributed by atoms with Gasteiger partial charge in [-0.3, -0.25) is 9.59 Å². The van der Waals surface area contributed by atoms with E-state index in [9.17, 15) is 24.2 Å². The van der Waals surface area contributed by atoms with Crippen LogP contribution in [0, 0.1) is 11.7 Å². The van der Waals surface area contributed by atoms with Gasteiger partial charge in [0.2, 0.25) is 0 Å². The molecule has 4 rings (SSSR count). The number of aliphatic hydroxyl groups is 1. The van der Waals surface area contributed by atoms with E-state index in [1.807, 2.05) is 6.92 Å². The molecular weight excluding hydrogens is 525 g/mol. The predicted octanol–water partition coefficient (Wildman–Crippen LogP) is 6.15. The van der Waals surface area contributed by atoms with E-state index in [4.69, 9.17) is 21.1 Å². The molecule has 0 saturated carbocycles. The molecular formula is C30H37ClFNO6. The van der Waals surface area contributed by atoms with Crippen molar-refractivity contribution in [3.05, 3.63) is 63.9 Å². The molecule has 0 radical (unpaired) electrons. The first-order valence-corrected chi connectivity index (χ1v) is 13.8. The van der Waals surface area contributed by atoms with E-state index in [1.54, 1.807) is 32.0 Å². The Balaban J connectivity index is 1.62. The predicted molar refractivity (Wildman–Crippen MR) is 145 cm³/mol. The third-order valence-corrected chi connectivity index (χ3v) is 8.04. The summed E-state index contributed by atoms with van der Waals surface area (Å²) in [6.45, 7) is 7.17. The fraction of sp³-hybridized carbons (Fsp3) is 0.533. The van der Waals surface area contributed by atoms with E-state index in [0.717, 1.165) is 31.2 Å². The van der Waals surface area contributed by atoms with Crippen LogP contribution in [0.5, 0.6) is 5.75 Å². The first-order valence-electron chi connectivity index (χ1n) is 13.4. The van der Waals surface area contributed by atoms with E-state index < -0.39 is 35.4 Å². The third-order valence-electron chi connectivity index (χ3n) is 7.75. The van der Waals surface area contributed by atoms with E-state index in [0.29, 0.717) is 23.3 Å². The van der Waals surface area contributed by atoms with Crippen molar-refractivity contribution in [1.29, 1.82) is 0 Å². The number of rotatable bonds is 9. The molecule has 1 amide bonds. The topological polar surface area (TPSA) is 96.3 Å². The Labute approximate surface area is 233 Å². The summed E-state index contributed by atoms with van der Waals surface area (Å²) in [4.78, 5) is 26.4. The Bertz CT molecular complexity index is 1230. The van der Waals surface area contributed by atoms with Crippen molar-refractivity contribution in [2.24, 2.45) is 5.92 Å². The van der Waals surface area contributed by atoms with Crippen LogP contribution in [0.2, 0.25) is 5.02 Å². The molecule has 2 aromatic rings. The lowest BCUT2D eigenvalue weighted by Gasteiger charge is -2.50. The fourth-order valence-electron chi connectivity index (χ4n) is 5.73. The standard InChI is InChI=1S/C30H37ClFNO6/c1-18-6-9-22-27(38-18)21-15-20(8-11-25(21)39-30(22,4)13-5-12-29(2,3)37)28(36)33(17-26(34)35)16-19-7-10-24(32)23(31)14-19/h7-8,10-11,14-15,18,22,27,37H,5-6,9,12-13,16-17H2,1-4H3,(H,34,35)/t18-,22-,27+,30+/m1/s1. The number of aliphatic carboxylic acids is 1. The van der Waals surface area contributed by atoms with Crippen LogP contribution in [-0.4, -0.2) is 50.8 Å². The molecule has 2 heterocycles. The van der Waals surface area contributed by atoms with Crippen molar-refractivity contribution in [3.63, 3.8) is 0 Å². The summed E-state index contributed by atoms with van der Waals surface area (Å²) in [5.41, 5.74) is 0.362. The second kappa shape index (κ2) is 11.4. The number of benzene rings is 2. The van der Waals surface area contributed by atoms with Crippen molar-refractivity contribution in [3.8, 4) is 5.75 Å². The highest BCUT2D eigenvalue weighted by Gasteiger charge is 2.49. The highest BCUT2D eigenvalue weighted by Crippen LogP contribution is 2.52. The van der Waals surface area contributed by atoms with Gasteiger partial charge in [-0.25, -0.2) is 4.39 Å². The highest BCUT2D eigenvalue weighted by molar-refractivity contribution is 6.30. The van der Waals surface area contributed by atoms with Crippen molar-refractivity contribution >= 4 is 23.5 Å². The number of carbonyl (C=O) groups excluding carboxylic acids is 1. The van der Waals surface area contributed by atoms with E-state index >= 15 is 0 Å². The zero-order chi connectivity index (χ0) is 28.5.